The Morgan fingerprint density at radius 2 is 1.64 bits per heavy atom. The quantitative estimate of drug-likeness (QED) is 0.535. The number of nitrogens with zero attached hydrogens (tertiary/aromatic N) is 2. The van der Waals surface area contributed by atoms with Crippen LogP contribution < -0.4 is 15.4 Å². The summed E-state index contributed by atoms with van der Waals surface area (Å²) in [6, 6.07) is 16.0. The van der Waals surface area contributed by atoms with Crippen LogP contribution >= 0.6 is 12.2 Å². The highest BCUT2D eigenvalue weighted by molar-refractivity contribution is 7.92. The first-order valence-corrected chi connectivity index (χ1v) is 10.3. The molecule has 0 spiro atoms. The van der Waals surface area contributed by atoms with E-state index >= 15 is 0 Å². The van der Waals surface area contributed by atoms with Gasteiger partial charge in [-0.3, -0.25) is 0 Å². The molecule has 0 amide bonds. The van der Waals surface area contributed by atoms with Crippen LogP contribution in [-0.4, -0.2) is 23.5 Å². The topological polar surface area (TPSA) is 96.0 Å². The minimum Gasteiger partial charge on any atom is -0.358 e. The molecule has 1 heterocycles. The molecule has 0 atom stereocenters. The predicted octanol–water partition coefficient (Wildman–Crippen LogP) is 3.07. The van der Waals surface area contributed by atoms with Crippen LogP contribution in [0.5, 0.6) is 0 Å². The molecule has 3 aromatic rings. The number of rotatable bonds is 6. The third-order valence-corrected chi connectivity index (χ3v) is 5.38. The van der Waals surface area contributed by atoms with E-state index in [0.29, 0.717) is 17.3 Å². The monoisotopic (exact) mass is 413 g/mol. The third kappa shape index (κ3) is 5.48. The van der Waals surface area contributed by atoms with Gasteiger partial charge in [-0.2, -0.15) is 0 Å². The summed E-state index contributed by atoms with van der Waals surface area (Å²) in [6.07, 6.45) is 2.92. The summed E-state index contributed by atoms with van der Waals surface area (Å²) < 4.78 is 27.1. The first-order valence-electron chi connectivity index (χ1n) is 8.43. The van der Waals surface area contributed by atoms with Crippen LogP contribution in [0.4, 0.5) is 11.6 Å². The molecule has 2 aromatic carbocycles. The molecule has 3 N–H and O–H groups in total. The molecule has 0 saturated heterocycles. The van der Waals surface area contributed by atoms with Gasteiger partial charge < -0.3 is 10.6 Å². The van der Waals surface area contributed by atoms with Gasteiger partial charge in [-0.05, 0) is 55.0 Å². The standard InChI is InChI=1S/C19H19N5O2S2/c1-14-3-5-15(6-4-14)13-22-19(27)23-16-7-9-17(10-8-16)28(25,26)24-18-20-11-2-12-21-18/h2-12H,13H2,1H3,(H,20,21,24)(H2,22,23,27). The van der Waals surface area contributed by atoms with Gasteiger partial charge >= 0.3 is 0 Å². The second kappa shape index (κ2) is 8.77. The minimum atomic E-state index is -3.76. The number of aryl methyl sites for hydroxylation is 1. The Kier molecular flexibility index (Phi) is 6.17. The van der Waals surface area contributed by atoms with Crippen LogP contribution in [0.3, 0.4) is 0 Å². The molecule has 0 aliphatic heterocycles. The summed E-state index contributed by atoms with van der Waals surface area (Å²) in [6.45, 7) is 2.63. The van der Waals surface area contributed by atoms with Gasteiger partial charge in [-0.25, -0.2) is 23.1 Å². The summed E-state index contributed by atoms with van der Waals surface area (Å²) in [4.78, 5) is 7.82. The molecule has 9 heteroatoms. The Morgan fingerprint density at radius 3 is 2.29 bits per heavy atom. The van der Waals surface area contributed by atoms with Crippen LogP contribution in [0.1, 0.15) is 11.1 Å². The van der Waals surface area contributed by atoms with Crippen molar-refractivity contribution in [1.82, 2.24) is 15.3 Å². The fraction of sp³-hybridized carbons (Fsp3) is 0.105. The number of hydrogen-bond donors (Lipinski definition) is 3. The van der Waals surface area contributed by atoms with E-state index in [1.807, 2.05) is 31.2 Å². The molecular weight excluding hydrogens is 394 g/mol. The summed E-state index contributed by atoms with van der Waals surface area (Å²) in [5.74, 6) is 0.0196. The smallest absolute Gasteiger partial charge is 0.264 e. The number of aromatic nitrogens is 2. The van der Waals surface area contributed by atoms with Crippen molar-refractivity contribution >= 4 is 39.0 Å². The van der Waals surface area contributed by atoms with E-state index in [2.05, 4.69) is 25.3 Å². The summed E-state index contributed by atoms with van der Waals surface area (Å²) in [7, 11) is -3.76. The van der Waals surface area contributed by atoms with E-state index in [-0.39, 0.29) is 10.8 Å². The molecule has 0 bridgehead atoms. The number of sulfonamides is 1. The zero-order valence-corrected chi connectivity index (χ0v) is 16.7. The van der Waals surface area contributed by atoms with Crippen molar-refractivity contribution < 1.29 is 8.42 Å². The van der Waals surface area contributed by atoms with Crippen molar-refractivity contribution in [3.63, 3.8) is 0 Å². The molecule has 0 unspecified atom stereocenters. The number of hydrogen-bond acceptors (Lipinski definition) is 5. The lowest BCUT2D eigenvalue weighted by atomic mass is 10.1. The maximum atomic E-state index is 12.4. The third-order valence-electron chi connectivity index (χ3n) is 3.79. The maximum Gasteiger partial charge on any atom is 0.264 e. The molecule has 0 aliphatic rings. The number of nitrogens with one attached hydrogen (secondary N) is 3. The lowest BCUT2D eigenvalue weighted by Crippen LogP contribution is -2.27. The Morgan fingerprint density at radius 1 is 1.00 bits per heavy atom. The van der Waals surface area contributed by atoms with Crippen molar-refractivity contribution in [2.24, 2.45) is 0 Å². The summed E-state index contributed by atoms with van der Waals surface area (Å²) >= 11 is 5.28. The lowest BCUT2D eigenvalue weighted by molar-refractivity contribution is 0.601. The second-order valence-corrected chi connectivity index (χ2v) is 8.09. The van der Waals surface area contributed by atoms with Crippen LogP contribution in [0.2, 0.25) is 0 Å². The van der Waals surface area contributed by atoms with E-state index in [9.17, 15) is 8.42 Å². The summed E-state index contributed by atoms with van der Waals surface area (Å²) in [5.41, 5.74) is 2.99. The van der Waals surface area contributed by atoms with E-state index in [1.165, 1.54) is 30.1 Å². The fourth-order valence-electron chi connectivity index (χ4n) is 2.31. The lowest BCUT2D eigenvalue weighted by Gasteiger charge is -2.12. The van der Waals surface area contributed by atoms with Crippen molar-refractivity contribution in [2.75, 3.05) is 10.0 Å². The molecule has 0 radical (unpaired) electrons. The van der Waals surface area contributed by atoms with Crippen molar-refractivity contribution in [3.8, 4) is 0 Å². The molecule has 3 rings (SSSR count). The van der Waals surface area contributed by atoms with E-state index < -0.39 is 10.0 Å². The first-order chi connectivity index (χ1) is 13.4. The fourth-order valence-corrected chi connectivity index (χ4v) is 3.46. The van der Waals surface area contributed by atoms with E-state index in [4.69, 9.17) is 12.2 Å². The van der Waals surface area contributed by atoms with Gasteiger partial charge in [0.05, 0.1) is 4.90 Å². The largest absolute Gasteiger partial charge is 0.358 e. The highest BCUT2D eigenvalue weighted by atomic mass is 32.2. The van der Waals surface area contributed by atoms with E-state index in [0.717, 1.165) is 5.56 Å². The van der Waals surface area contributed by atoms with Gasteiger partial charge in [0.25, 0.3) is 10.0 Å². The number of thiocarbonyl (C=S) groups is 1. The SMILES string of the molecule is Cc1ccc(CNC(=S)Nc2ccc(S(=O)(=O)Nc3ncccn3)cc2)cc1. The molecule has 28 heavy (non-hydrogen) atoms. The van der Waals surface area contributed by atoms with Crippen molar-refractivity contribution in [1.29, 1.82) is 0 Å². The maximum absolute atomic E-state index is 12.4. The Hall–Kier alpha value is -3.04. The Labute approximate surface area is 169 Å². The highest BCUT2D eigenvalue weighted by Gasteiger charge is 2.15. The number of anilines is 2. The van der Waals surface area contributed by atoms with Gasteiger partial charge in [0.15, 0.2) is 5.11 Å². The zero-order chi connectivity index (χ0) is 20.0. The van der Waals surface area contributed by atoms with Crippen LogP contribution in [0.25, 0.3) is 0 Å². The molecule has 144 valence electrons. The first kappa shape index (κ1) is 19.7. The molecule has 1 aromatic heterocycles. The number of benzene rings is 2. The zero-order valence-electron chi connectivity index (χ0n) is 15.1. The Balaban J connectivity index is 1.57. The van der Waals surface area contributed by atoms with Gasteiger partial charge in [0.2, 0.25) is 5.95 Å². The molecule has 0 saturated carbocycles. The van der Waals surface area contributed by atoms with Crippen LogP contribution in [0.15, 0.2) is 71.9 Å². The normalized spacial score (nSPS) is 10.9. The second-order valence-electron chi connectivity index (χ2n) is 6.00. The van der Waals surface area contributed by atoms with Gasteiger partial charge in [-0.15, -0.1) is 0 Å². The van der Waals surface area contributed by atoms with E-state index in [1.54, 1.807) is 18.2 Å². The van der Waals surface area contributed by atoms with Crippen molar-refractivity contribution in [2.45, 2.75) is 18.4 Å². The molecule has 0 aliphatic carbocycles. The average molecular weight is 414 g/mol. The minimum absolute atomic E-state index is 0.0196. The summed E-state index contributed by atoms with van der Waals surface area (Å²) in [5, 5.41) is 6.60. The van der Waals surface area contributed by atoms with Gasteiger partial charge in [0, 0.05) is 24.6 Å². The highest BCUT2D eigenvalue weighted by Crippen LogP contribution is 2.16. The van der Waals surface area contributed by atoms with Crippen LogP contribution in [0, 0.1) is 6.92 Å². The average Bonchev–Trinajstić information content (AvgIpc) is 2.68. The van der Waals surface area contributed by atoms with Gasteiger partial charge in [-0.1, -0.05) is 29.8 Å². The van der Waals surface area contributed by atoms with Crippen LogP contribution in [-0.2, 0) is 16.6 Å². The molecule has 7 nitrogen and oxygen atoms in total. The van der Waals surface area contributed by atoms with Gasteiger partial charge in [0.1, 0.15) is 0 Å². The molecule has 0 fully saturated rings. The van der Waals surface area contributed by atoms with Crippen molar-refractivity contribution in [3.05, 3.63) is 78.1 Å². The molecular formula is C19H19N5O2S2. The Bertz CT molecular complexity index is 1040. The predicted molar refractivity (Wildman–Crippen MR) is 114 cm³/mol.